The lowest BCUT2D eigenvalue weighted by atomic mass is 10.8. The van der Waals surface area contributed by atoms with Crippen molar-refractivity contribution in [2.45, 2.75) is 6.92 Å². The minimum atomic E-state index is 0. The summed E-state index contributed by atoms with van der Waals surface area (Å²) >= 11 is 4.61. The Morgan fingerprint density at radius 3 is 2.38 bits per heavy atom. The molecule has 0 rings (SSSR count). The van der Waals surface area contributed by atoms with Crippen LogP contribution in [-0.2, 0) is 0 Å². The molecule has 0 bridgehead atoms. The van der Waals surface area contributed by atoms with Gasteiger partial charge in [0.25, 0.3) is 0 Å². The monoisotopic (exact) mass is 155 g/mol. The highest BCUT2D eigenvalue weighted by molar-refractivity contribution is 7.80. The van der Waals surface area contributed by atoms with Gasteiger partial charge in [-0.15, -0.1) is 12.4 Å². The zero-order valence-electron chi connectivity index (χ0n) is 4.60. The summed E-state index contributed by atoms with van der Waals surface area (Å²) < 4.78 is 0. The second-order valence-corrected chi connectivity index (χ2v) is 1.41. The smallest absolute Gasteiger partial charge is 0.180 e. The zero-order chi connectivity index (χ0) is 5.70. The van der Waals surface area contributed by atoms with Crippen LogP contribution < -0.4 is 16.6 Å². The lowest BCUT2D eigenvalue weighted by Crippen LogP contribution is -2.39. The van der Waals surface area contributed by atoms with E-state index in [4.69, 9.17) is 5.84 Å². The summed E-state index contributed by atoms with van der Waals surface area (Å²) in [5.74, 6) is 4.90. The van der Waals surface area contributed by atoms with Gasteiger partial charge < -0.3 is 10.7 Å². The molecular formula is C3H10ClN3S. The lowest BCUT2D eigenvalue weighted by Gasteiger charge is -2.00. The maximum Gasteiger partial charge on any atom is 0.180 e. The normalized spacial score (nSPS) is 6.75. The van der Waals surface area contributed by atoms with Crippen molar-refractivity contribution in [3.05, 3.63) is 0 Å². The van der Waals surface area contributed by atoms with Crippen LogP contribution in [0, 0.1) is 0 Å². The summed E-state index contributed by atoms with van der Waals surface area (Å²) in [4.78, 5) is 0. The fourth-order valence-corrected chi connectivity index (χ4v) is 0.356. The summed E-state index contributed by atoms with van der Waals surface area (Å²) in [6.07, 6.45) is 0. The molecule has 0 aliphatic rings. The maximum atomic E-state index is 4.90. The Balaban J connectivity index is 0. The number of hydrogen-bond donors (Lipinski definition) is 3. The Labute approximate surface area is 60.4 Å². The third-order valence-corrected chi connectivity index (χ3v) is 0.731. The van der Waals surface area contributed by atoms with Gasteiger partial charge in [-0.25, -0.2) is 5.84 Å². The predicted molar refractivity (Wildman–Crippen MR) is 40.8 cm³/mol. The predicted octanol–water partition coefficient (Wildman–Crippen LogP) is -0.234. The van der Waals surface area contributed by atoms with Crippen LogP contribution in [0.2, 0.25) is 0 Å². The number of nitrogens with two attached hydrogens (primary N) is 1. The van der Waals surface area contributed by atoms with E-state index in [9.17, 15) is 0 Å². The highest BCUT2D eigenvalue weighted by Crippen LogP contribution is 1.56. The van der Waals surface area contributed by atoms with E-state index in [1.54, 1.807) is 0 Å². The lowest BCUT2D eigenvalue weighted by molar-refractivity contribution is 0.901. The molecule has 0 aliphatic carbocycles. The molecule has 0 amide bonds. The Morgan fingerprint density at radius 1 is 1.75 bits per heavy atom. The van der Waals surface area contributed by atoms with Crippen molar-refractivity contribution in [3.63, 3.8) is 0 Å². The largest absolute Gasteiger partial charge is 0.362 e. The molecule has 0 heterocycles. The van der Waals surface area contributed by atoms with Crippen molar-refractivity contribution < 1.29 is 0 Å². The number of thiocarbonyl (C=S) groups is 1. The number of halogens is 1. The first-order chi connectivity index (χ1) is 3.31. The Morgan fingerprint density at radius 2 is 2.25 bits per heavy atom. The van der Waals surface area contributed by atoms with Crippen LogP contribution in [0.3, 0.4) is 0 Å². The average molecular weight is 156 g/mol. The molecule has 3 nitrogen and oxygen atoms in total. The molecule has 0 aromatic rings. The number of hydrogen-bond acceptors (Lipinski definition) is 2. The Kier molecular flexibility index (Phi) is 9.40. The standard InChI is InChI=1S/C3H9N3S.ClH/c1-2-5-3(7)6-4;/h2,4H2,1H3,(H2,5,6,7);1H. The first-order valence-corrected chi connectivity index (χ1v) is 2.46. The van der Waals surface area contributed by atoms with E-state index in [-0.39, 0.29) is 12.4 Å². The van der Waals surface area contributed by atoms with Crippen LogP contribution in [0.1, 0.15) is 6.92 Å². The summed E-state index contributed by atoms with van der Waals surface area (Å²) in [6, 6.07) is 0. The first-order valence-electron chi connectivity index (χ1n) is 2.05. The molecule has 4 N–H and O–H groups in total. The highest BCUT2D eigenvalue weighted by Gasteiger charge is 1.81. The quantitative estimate of drug-likeness (QED) is 0.278. The average Bonchev–Trinajstić information content (AvgIpc) is 1.68. The van der Waals surface area contributed by atoms with Crippen molar-refractivity contribution in [1.29, 1.82) is 0 Å². The molecule has 0 aliphatic heterocycles. The van der Waals surface area contributed by atoms with Crippen molar-refractivity contribution >= 4 is 29.7 Å². The van der Waals surface area contributed by atoms with Gasteiger partial charge in [0.1, 0.15) is 0 Å². The van der Waals surface area contributed by atoms with E-state index >= 15 is 0 Å². The van der Waals surface area contributed by atoms with E-state index in [0.717, 1.165) is 6.54 Å². The van der Waals surface area contributed by atoms with Gasteiger partial charge in [0.05, 0.1) is 0 Å². The molecule has 0 aromatic carbocycles. The molecule has 0 saturated carbocycles. The summed E-state index contributed by atoms with van der Waals surface area (Å²) in [5.41, 5.74) is 2.29. The second-order valence-electron chi connectivity index (χ2n) is 1.00. The van der Waals surface area contributed by atoms with Crippen LogP contribution in [0.4, 0.5) is 0 Å². The molecule has 0 atom stereocenters. The highest BCUT2D eigenvalue weighted by atomic mass is 35.5. The second kappa shape index (κ2) is 6.94. The molecule has 0 unspecified atom stereocenters. The van der Waals surface area contributed by atoms with Gasteiger partial charge in [-0.05, 0) is 19.1 Å². The number of hydrazine groups is 1. The Hall–Kier alpha value is -0.0600. The van der Waals surface area contributed by atoms with Crippen molar-refractivity contribution in [2.75, 3.05) is 6.54 Å². The molecule has 8 heavy (non-hydrogen) atoms. The van der Waals surface area contributed by atoms with Gasteiger partial charge in [-0.1, -0.05) is 0 Å². The Bertz CT molecular complexity index is 67.5. The fourth-order valence-electron chi connectivity index (χ4n) is 0.212. The molecule has 0 saturated heterocycles. The van der Waals surface area contributed by atoms with E-state index in [0.29, 0.717) is 5.11 Å². The van der Waals surface area contributed by atoms with Gasteiger partial charge in [0.15, 0.2) is 5.11 Å². The number of rotatable bonds is 1. The van der Waals surface area contributed by atoms with E-state index < -0.39 is 0 Å². The van der Waals surface area contributed by atoms with Gasteiger partial charge in [-0.2, -0.15) is 0 Å². The maximum absolute atomic E-state index is 4.90. The SMILES string of the molecule is CCNC(=S)NN.Cl. The molecule has 5 heteroatoms. The van der Waals surface area contributed by atoms with Gasteiger partial charge in [0.2, 0.25) is 0 Å². The molecule has 0 fully saturated rings. The van der Waals surface area contributed by atoms with Crippen molar-refractivity contribution in [2.24, 2.45) is 5.84 Å². The molecular weight excluding hydrogens is 146 g/mol. The molecule has 0 spiro atoms. The van der Waals surface area contributed by atoms with Crippen molar-refractivity contribution in [1.82, 2.24) is 10.7 Å². The minimum Gasteiger partial charge on any atom is -0.362 e. The third-order valence-electron chi connectivity index (χ3n) is 0.468. The van der Waals surface area contributed by atoms with E-state index in [2.05, 4.69) is 23.0 Å². The fraction of sp³-hybridized carbons (Fsp3) is 0.667. The topological polar surface area (TPSA) is 50.1 Å². The summed E-state index contributed by atoms with van der Waals surface area (Å²) in [5, 5.41) is 3.28. The van der Waals surface area contributed by atoms with Crippen LogP contribution in [-0.4, -0.2) is 11.7 Å². The summed E-state index contributed by atoms with van der Waals surface area (Å²) in [6.45, 7) is 2.76. The van der Waals surface area contributed by atoms with Crippen LogP contribution in [0.25, 0.3) is 0 Å². The van der Waals surface area contributed by atoms with Crippen molar-refractivity contribution in [3.8, 4) is 0 Å². The molecule has 50 valence electrons. The van der Waals surface area contributed by atoms with Gasteiger partial charge in [-0.3, -0.25) is 0 Å². The van der Waals surface area contributed by atoms with Gasteiger partial charge >= 0.3 is 0 Å². The first kappa shape index (κ1) is 10.8. The third kappa shape index (κ3) is 5.94. The van der Waals surface area contributed by atoms with E-state index in [1.165, 1.54) is 0 Å². The van der Waals surface area contributed by atoms with Crippen LogP contribution in [0.5, 0.6) is 0 Å². The number of nitrogens with one attached hydrogen (secondary N) is 2. The van der Waals surface area contributed by atoms with E-state index in [1.807, 2.05) is 6.92 Å². The van der Waals surface area contributed by atoms with Gasteiger partial charge in [0, 0.05) is 6.54 Å². The minimum absolute atomic E-state index is 0. The zero-order valence-corrected chi connectivity index (χ0v) is 6.23. The van der Waals surface area contributed by atoms with Crippen LogP contribution in [0.15, 0.2) is 0 Å². The molecule has 0 radical (unpaired) electrons. The van der Waals surface area contributed by atoms with Crippen LogP contribution >= 0.6 is 24.6 Å². The molecule has 0 aromatic heterocycles. The summed E-state index contributed by atoms with van der Waals surface area (Å²) in [7, 11) is 0.